The minimum Gasteiger partial charge on any atom is -0.495 e. The van der Waals surface area contributed by atoms with Gasteiger partial charge in [0.2, 0.25) is 0 Å². The second kappa shape index (κ2) is 4.62. The predicted octanol–water partition coefficient (Wildman–Crippen LogP) is 3.15. The molecule has 0 saturated heterocycles. The summed E-state index contributed by atoms with van der Waals surface area (Å²) in [5.74, 6) is 11.0. The van der Waals surface area contributed by atoms with Gasteiger partial charge in [-0.1, -0.05) is 17.7 Å². The number of fused-ring (bicyclic) bond motifs is 5. The highest BCUT2D eigenvalue weighted by Crippen LogP contribution is 2.72. The summed E-state index contributed by atoms with van der Waals surface area (Å²) < 4.78 is 5.33. The van der Waals surface area contributed by atoms with Crippen LogP contribution in [0.1, 0.15) is 30.9 Å². The van der Waals surface area contributed by atoms with Crippen molar-refractivity contribution in [3.05, 3.63) is 28.8 Å². The number of hydrogen-bond donors (Lipinski definition) is 2. The normalized spacial score (nSPS) is 38.6. The van der Waals surface area contributed by atoms with Crippen LogP contribution in [-0.2, 0) is 0 Å². The third kappa shape index (κ3) is 1.73. The van der Waals surface area contributed by atoms with E-state index in [0.29, 0.717) is 10.9 Å². The van der Waals surface area contributed by atoms with Gasteiger partial charge in [-0.3, -0.25) is 11.3 Å². The Bertz CT molecular complexity index is 519. The Balaban J connectivity index is 1.60. The number of hydrazine groups is 1. The smallest absolute Gasteiger partial charge is 0.137 e. The lowest BCUT2D eigenvalue weighted by Gasteiger charge is -2.21. The molecule has 108 valence electrons. The van der Waals surface area contributed by atoms with Crippen molar-refractivity contribution >= 4 is 11.6 Å². The summed E-state index contributed by atoms with van der Waals surface area (Å²) >= 11 is 6.11. The second-order valence-electron chi connectivity index (χ2n) is 6.60. The first-order valence-electron chi connectivity index (χ1n) is 7.54. The molecule has 4 heteroatoms. The number of methoxy groups -OCH3 is 1. The highest BCUT2D eigenvalue weighted by molar-refractivity contribution is 6.32. The number of nitrogens with two attached hydrogens (primary N) is 1. The van der Waals surface area contributed by atoms with Crippen LogP contribution in [-0.4, -0.2) is 7.11 Å². The lowest BCUT2D eigenvalue weighted by Crippen LogP contribution is -2.31. The Labute approximate surface area is 124 Å². The van der Waals surface area contributed by atoms with E-state index in [1.165, 1.54) is 24.8 Å². The van der Waals surface area contributed by atoms with Crippen LogP contribution in [0, 0.1) is 29.6 Å². The molecular weight excluding hydrogens is 272 g/mol. The molecule has 0 spiro atoms. The van der Waals surface area contributed by atoms with Crippen LogP contribution in [0.3, 0.4) is 0 Å². The van der Waals surface area contributed by atoms with E-state index in [1.54, 1.807) is 7.11 Å². The number of benzene rings is 1. The van der Waals surface area contributed by atoms with E-state index in [2.05, 4.69) is 11.5 Å². The molecule has 2 bridgehead atoms. The molecular formula is C16H21ClN2O. The van der Waals surface area contributed by atoms with E-state index < -0.39 is 0 Å². The van der Waals surface area contributed by atoms with Gasteiger partial charge in [0, 0.05) is 6.04 Å². The monoisotopic (exact) mass is 292 g/mol. The van der Waals surface area contributed by atoms with Gasteiger partial charge in [0.25, 0.3) is 0 Å². The van der Waals surface area contributed by atoms with E-state index in [0.717, 1.165) is 29.4 Å². The van der Waals surface area contributed by atoms with Gasteiger partial charge in [0.1, 0.15) is 5.75 Å². The number of rotatable bonds is 4. The minimum atomic E-state index is 0.236. The maximum atomic E-state index is 6.11. The summed E-state index contributed by atoms with van der Waals surface area (Å²) in [6.45, 7) is 0. The van der Waals surface area contributed by atoms with Gasteiger partial charge in [0.15, 0.2) is 0 Å². The van der Waals surface area contributed by atoms with Crippen molar-refractivity contribution < 1.29 is 4.74 Å². The van der Waals surface area contributed by atoms with Crippen molar-refractivity contribution in [3.63, 3.8) is 0 Å². The predicted molar refractivity (Wildman–Crippen MR) is 79.4 cm³/mol. The highest BCUT2D eigenvalue weighted by atomic mass is 35.5. The standard InChI is InChI=1S/C16H21ClN2O/c1-20-12-7-10(4-5-11(12)17)16(19-18)15-13-8-2-3-9(6-8)14(13)15/h4-5,7-9,13-16,19H,2-3,6,18H2,1H3. The second-order valence-corrected chi connectivity index (χ2v) is 7.01. The quantitative estimate of drug-likeness (QED) is 0.662. The Morgan fingerprint density at radius 3 is 2.60 bits per heavy atom. The van der Waals surface area contributed by atoms with Crippen molar-refractivity contribution in [2.45, 2.75) is 25.3 Å². The molecule has 3 fully saturated rings. The average molecular weight is 293 g/mol. The first kappa shape index (κ1) is 12.9. The molecule has 20 heavy (non-hydrogen) atoms. The fourth-order valence-corrected chi connectivity index (χ4v) is 5.33. The molecule has 5 unspecified atom stereocenters. The van der Waals surface area contributed by atoms with Crippen molar-refractivity contribution in [2.75, 3.05) is 7.11 Å². The molecule has 3 nitrogen and oxygen atoms in total. The van der Waals surface area contributed by atoms with E-state index in [4.69, 9.17) is 22.2 Å². The molecule has 3 N–H and O–H groups in total. The summed E-state index contributed by atoms with van der Waals surface area (Å²) in [6, 6.07) is 6.25. The maximum absolute atomic E-state index is 6.11. The van der Waals surface area contributed by atoms with Crippen molar-refractivity contribution in [1.82, 2.24) is 5.43 Å². The van der Waals surface area contributed by atoms with Gasteiger partial charge in [-0.2, -0.15) is 0 Å². The van der Waals surface area contributed by atoms with Crippen LogP contribution in [0.4, 0.5) is 0 Å². The van der Waals surface area contributed by atoms with Crippen molar-refractivity contribution in [3.8, 4) is 5.75 Å². The SMILES string of the molecule is COc1cc(C(NN)C2C3C4CCC(C4)C32)ccc1Cl. The maximum Gasteiger partial charge on any atom is 0.137 e. The lowest BCUT2D eigenvalue weighted by molar-refractivity contribution is 0.371. The number of nitrogens with one attached hydrogen (secondary N) is 1. The molecule has 3 aliphatic carbocycles. The van der Waals surface area contributed by atoms with Gasteiger partial charge >= 0.3 is 0 Å². The molecule has 3 aliphatic rings. The Morgan fingerprint density at radius 2 is 2.00 bits per heavy atom. The zero-order chi connectivity index (χ0) is 13.9. The number of halogens is 1. The molecule has 4 rings (SSSR count). The van der Waals surface area contributed by atoms with E-state index >= 15 is 0 Å². The number of ether oxygens (including phenoxy) is 1. The molecule has 0 aliphatic heterocycles. The molecule has 0 amide bonds. The first-order chi connectivity index (χ1) is 9.74. The van der Waals surface area contributed by atoms with Crippen LogP contribution in [0.2, 0.25) is 5.02 Å². The fraction of sp³-hybridized carbons (Fsp3) is 0.625. The summed E-state index contributed by atoms with van der Waals surface area (Å²) in [4.78, 5) is 0. The summed E-state index contributed by atoms with van der Waals surface area (Å²) in [5.41, 5.74) is 4.25. The molecule has 1 aromatic rings. The van der Waals surface area contributed by atoms with Gasteiger partial charge in [-0.05, 0) is 66.5 Å². The van der Waals surface area contributed by atoms with Crippen LogP contribution < -0.4 is 16.0 Å². The Kier molecular flexibility index (Phi) is 2.99. The van der Waals surface area contributed by atoms with Gasteiger partial charge < -0.3 is 4.74 Å². The van der Waals surface area contributed by atoms with Crippen LogP contribution in [0.15, 0.2) is 18.2 Å². The highest BCUT2D eigenvalue weighted by Gasteiger charge is 2.66. The third-order valence-corrected chi connectivity index (χ3v) is 6.21. The summed E-state index contributed by atoms with van der Waals surface area (Å²) in [7, 11) is 1.65. The molecule has 5 atom stereocenters. The molecule has 3 saturated carbocycles. The first-order valence-corrected chi connectivity index (χ1v) is 7.92. The molecule has 0 aromatic heterocycles. The van der Waals surface area contributed by atoms with Crippen LogP contribution >= 0.6 is 11.6 Å². The van der Waals surface area contributed by atoms with E-state index in [-0.39, 0.29) is 6.04 Å². The fourth-order valence-electron chi connectivity index (χ4n) is 5.14. The molecule has 0 heterocycles. The van der Waals surface area contributed by atoms with Gasteiger partial charge in [-0.15, -0.1) is 0 Å². The molecule has 0 radical (unpaired) electrons. The van der Waals surface area contributed by atoms with Gasteiger partial charge in [0.05, 0.1) is 12.1 Å². The largest absolute Gasteiger partial charge is 0.495 e. The Morgan fingerprint density at radius 1 is 1.30 bits per heavy atom. The zero-order valence-electron chi connectivity index (χ0n) is 11.7. The average Bonchev–Trinajstić information content (AvgIpc) is 2.89. The minimum absolute atomic E-state index is 0.236. The number of hydrogen-bond acceptors (Lipinski definition) is 3. The summed E-state index contributed by atoms with van der Waals surface area (Å²) in [5, 5.41) is 0.656. The van der Waals surface area contributed by atoms with Crippen LogP contribution in [0.25, 0.3) is 0 Å². The third-order valence-electron chi connectivity index (χ3n) is 5.89. The lowest BCUT2D eigenvalue weighted by atomic mass is 9.93. The Hall–Kier alpha value is -0.770. The van der Waals surface area contributed by atoms with Crippen molar-refractivity contribution in [1.29, 1.82) is 0 Å². The van der Waals surface area contributed by atoms with Gasteiger partial charge in [-0.25, -0.2) is 0 Å². The van der Waals surface area contributed by atoms with Crippen LogP contribution in [0.5, 0.6) is 5.75 Å². The van der Waals surface area contributed by atoms with E-state index in [1.807, 2.05) is 12.1 Å². The van der Waals surface area contributed by atoms with E-state index in [9.17, 15) is 0 Å². The van der Waals surface area contributed by atoms with Crippen molar-refractivity contribution in [2.24, 2.45) is 35.4 Å². The molecule has 1 aromatic carbocycles. The zero-order valence-corrected chi connectivity index (χ0v) is 12.4. The topological polar surface area (TPSA) is 47.3 Å². The summed E-state index contributed by atoms with van der Waals surface area (Å²) in [6.07, 6.45) is 4.33.